The van der Waals surface area contributed by atoms with Crippen LogP contribution in [0.2, 0.25) is 0 Å². The minimum Gasteiger partial charge on any atom is -0.301 e. The molecule has 0 amide bonds. The number of hydrazine groups is 1. The zero-order valence-corrected chi connectivity index (χ0v) is 9.56. The Morgan fingerprint density at radius 3 is 2.32 bits per heavy atom. The Kier molecular flexibility index (Phi) is 3.56. The highest BCUT2D eigenvalue weighted by molar-refractivity contribution is 5.56. The number of rotatable bonds is 4. The molecule has 5 nitrogen and oxygen atoms in total. The van der Waals surface area contributed by atoms with Gasteiger partial charge in [0.2, 0.25) is 0 Å². The van der Waals surface area contributed by atoms with Crippen LogP contribution in [0.25, 0.3) is 0 Å². The van der Waals surface area contributed by atoms with Crippen molar-refractivity contribution in [3.63, 3.8) is 0 Å². The van der Waals surface area contributed by atoms with Crippen LogP contribution in [0, 0.1) is 21.7 Å². The van der Waals surface area contributed by atoms with Crippen LogP contribution < -0.4 is 10.9 Å². The SMILES string of the molecule is O=[N+]([O-])c1ccc(F)c(NNc2ccc(F)cc2)c1. The van der Waals surface area contributed by atoms with E-state index in [-0.39, 0.29) is 11.4 Å². The van der Waals surface area contributed by atoms with Crippen molar-refractivity contribution < 1.29 is 13.7 Å². The van der Waals surface area contributed by atoms with E-state index in [0.717, 1.165) is 18.2 Å². The lowest BCUT2D eigenvalue weighted by atomic mass is 10.3. The second-order valence-electron chi connectivity index (χ2n) is 3.68. The predicted molar refractivity (Wildman–Crippen MR) is 66.7 cm³/mol. The second kappa shape index (κ2) is 5.30. The zero-order chi connectivity index (χ0) is 13.8. The fourth-order valence-electron chi connectivity index (χ4n) is 1.40. The van der Waals surface area contributed by atoms with Gasteiger partial charge in [0, 0.05) is 12.1 Å². The molecule has 0 saturated carbocycles. The van der Waals surface area contributed by atoms with Crippen molar-refractivity contribution in [1.82, 2.24) is 0 Å². The van der Waals surface area contributed by atoms with E-state index < -0.39 is 16.6 Å². The van der Waals surface area contributed by atoms with Crippen molar-refractivity contribution in [2.45, 2.75) is 0 Å². The molecule has 0 aliphatic carbocycles. The van der Waals surface area contributed by atoms with E-state index in [2.05, 4.69) is 10.9 Å². The standard InChI is InChI=1S/C12H9F2N3O2/c13-8-1-3-9(4-2-8)15-16-12-7-10(17(18)19)5-6-11(12)14/h1-7,15-16H. The summed E-state index contributed by atoms with van der Waals surface area (Å²) in [7, 11) is 0. The molecular weight excluding hydrogens is 256 g/mol. The van der Waals surface area contributed by atoms with Crippen molar-refractivity contribution >= 4 is 17.1 Å². The van der Waals surface area contributed by atoms with Crippen molar-refractivity contribution in [2.24, 2.45) is 0 Å². The van der Waals surface area contributed by atoms with Gasteiger partial charge in [-0.3, -0.25) is 15.5 Å². The number of hydrogen-bond donors (Lipinski definition) is 2. The van der Waals surface area contributed by atoms with E-state index in [1.165, 1.54) is 24.3 Å². The zero-order valence-electron chi connectivity index (χ0n) is 9.56. The molecule has 0 heterocycles. The van der Waals surface area contributed by atoms with Gasteiger partial charge in [0.25, 0.3) is 5.69 Å². The molecule has 7 heteroatoms. The minimum absolute atomic E-state index is 0.0708. The van der Waals surface area contributed by atoms with Crippen molar-refractivity contribution in [2.75, 3.05) is 10.9 Å². The molecule has 98 valence electrons. The average Bonchev–Trinajstić information content (AvgIpc) is 2.39. The average molecular weight is 265 g/mol. The smallest absolute Gasteiger partial charge is 0.271 e. The molecule has 2 rings (SSSR count). The summed E-state index contributed by atoms with van der Waals surface area (Å²) in [4.78, 5) is 9.95. The fourth-order valence-corrected chi connectivity index (χ4v) is 1.40. The highest BCUT2D eigenvalue weighted by Crippen LogP contribution is 2.21. The largest absolute Gasteiger partial charge is 0.301 e. The molecule has 0 bridgehead atoms. The second-order valence-corrected chi connectivity index (χ2v) is 3.68. The molecule has 0 unspecified atom stereocenters. The number of hydrogen-bond acceptors (Lipinski definition) is 4. The lowest BCUT2D eigenvalue weighted by molar-refractivity contribution is -0.384. The van der Waals surface area contributed by atoms with Crippen molar-refractivity contribution in [3.05, 3.63) is 64.2 Å². The van der Waals surface area contributed by atoms with E-state index in [4.69, 9.17) is 0 Å². The summed E-state index contributed by atoms with van der Waals surface area (Å²) in [5.74, 6) is -1.03. The molecule has 2 N–H and O–H groups in total. The number of nitrogens with one attached hydrogen (secondary N) is 2. The van der Waals surface area contributed by atoms with Gasteiger partial charge in [-0.05, 0) is 30.3 Å². The highest BCUT2D eigenvalue weighted by atomic mass is 19.1. The summed E-state index contributed by atoms with van der Waals surface area (Å²) < 4.78 is 26.1. The monoisotopic (exact) mass is 265 g/mol. The molecular formula is C12H9F2N3O2. The van der Waals surface area contributed by atoms with Gasteiger partial charge in [-0.15, -0.1) is 0 Å². The molecule has 0 saturated heterocycles. The summed E-state index contributed by atoms with van der Waals surface area (Å²) in [5, 5.41) is 10.6. The summed E-state index contributed by atoms with van der Waals surface area (Å²) >= 11 is 0. The molecule has 0 fully saturated rings. The van der Waals surface area contributed by atoms with Gasteiger partial charge in [-0.2, -0.15) is 0 Å². The van der Waals surface area contributed by atoms with Crippen LogP contribution in [0.3, 0.4) is 0 Å². The fraction of sp³-hybridized carbons (Fsp3) is 0. The number of nitro benzene ring substituents is 1. The number of anilines is 2. The van der Waals surface area contributed by atoms with E-state index in [1.54, 1.807) is 0 Å². The summed E-state index contributed by atoms with van der Waals surface area (Å²) in [6.45, 7) is 0. The third kappa shape index (κ3) is 3.15. The van der Waals surface area contributed by atoms with Gasteiger partial charge in [-0.1, -0.05) is 0 Å². The molecule has 0 aliphatic rings. The van der Waals surface area contributed by atoms with Gasteiger partial charge in [0.05, 0.1) is 16.3 Å². The third-order valence-corrected chi connectivity index (χ3v) is 2.35. The maximum atomic E-state index is 13.4. The van der Waals surface area contributed by atoms with Gasteiger partial charge in [-0.25, -0.2) is 8.78 Å². The maximum absolute atomic E-state index is 13.4. The minimum atomic E-state index is -0.639. The summed E-state index contributed by atoms with van der Waals surface area (Å²) in [6, 6.07) is 8.47. The number of non-ortho nitro benzene ring substituents is 1. The molecule has 19 heavy (non-hydrogen) atoms. The van der Waals surface area contributed by atoms with Crippen LogP contribution in [0.4, 0.5) is 25.8 Å². The lowest BCUT2D eigenvalue weighted by Crippen LogP contribution is -2.10. The Morgan fingerprint density at radius 2 is 1.68 bits per heavy atom. The molecule has 0 aromatic heterocycles. The van der Waals surface area contributed by atoms with Crippen LogP contribution in [0.1, 0.15) is 0 Å². The van der Waals surface area contributed by atoms with Gasteiger partial charge < -0.3 is 5.43 Å². The molecule has 0 spiro atoms. The lowest BCUT2D eigenvalue weighted by Gasteiger charge is -2.10. The van der Waals surface area contributed by atoms with E-state index in [9.17, 15) is 18.9 Å². The molecule has 0 atom stereocenters. The highest BCUT2D eigenvalue weighted by Gasteiger charge is 2.10. The van der Waals surface area contributed by atoms with E-state index in [1.807, 2.05) is 0 Å². The first-order valence-corrected chi connectivity index (χ1v) is 5.28. The number of nitro groups is 1. The Morgan fingerprint density at radius 1 is 1.00 bits per heavy atom. The number of nitrogens with zero attached hydrogens (tertiary/aromatic N) is 1. The van der Waals surface area contributed by atoms with Crippen molar-refractivity contribution in [3.8, 4) is 0 Å². The molecule has 0 radical (unpaired) electrons. The van der Waals surface area contributed by atoms with E-state index in [0.29, 0.717) is 5.69 Å². The van der Waals surface area contributed by atoms with Gasteiger partial charge in [0.1, 0.15) is 11.6 Å². The number of benzene rings is 2. The quantitative estimate of drug-likeness (QED) is 0.657. The molecule has 2 aromatic rings. The van der Waals surface area contributed by atoms with Gasteiger partial charge >= 0.3 is 0 Å². The summed E-state index contributed by atoms with van der Waals surface area (Å²) in [5.41, 5.74) is 5.30. The van der Waals surface area contributed by atoms with E-state index >= 15 is 0 Å². The first-order chi connectivity index (χ1) is 9.06. The third-order valence-electron chi connectivity index (χ3n) is 2.35. The molecule has 0 aliphatic heterocycles. The number of halogens is 2. The Hall–Kier alpha value is -2.70. The van der Waals surface area contributed by atoms with Crippen LogP contribution in [0.15, 0.2) is 42.5 Å². The topological polar surface area (TPSA) is 67.2 Å². The first kappa shape index (κ1) is 12.7. The predicted octanol–water partition coefficient (Wildman–Crippen LogP) is 3.31. The maximum Gasteiger partial charge on any atom is 0.271 e. The van der Waals surface area contributed by atoms with Crippen LogP contribution in [-0.4, -0.2) is 4.92 Å². The Balaban J connectivity index is 2.12. The first-order valence-electron chi connectivity index (χ1n) is 5.28. The van der Waals surface area contributed by atoms with Crippen molar-refractivity contribution in [1.29, 1.82) is 0 Å². The Bertz CT molecular complexity index is 602. The van der Waals surface area contributed by atoms with Crippen LogP contribution in [-0.2, 0) is 0 Å². The van der Waals surface area contributed by atoms with Gasteiger partial charge in [0.15, 0.2) is 0 Å². The molecule has 2 aromatic carbocycles. The van der Waals surface area contributed by atoms with Crippen LogP contribution >= 0.6 is 0 Å². The normalized spacial score (nSPS) is 10.0. The van der Waals surface area contributed by atoms with Crippen LogP contribution in [0.5, 0.6) is 0 Å². The Labute approximate surface area is 107 Å². The summed E-state index contributed by atoms with van der Waals surface area (Å²) in [6.07, 6.45) is 0.